The number of carbonyl (C=O) groups excluding carboxylic acids is 2. The number of aromatic nitrogens is 2. The van der Waals surface area contributed by atoms with E-state index in [2.05, 4.69) is 20.6 Å². The molecule has 2 rings (SSSR count). The summed E-state index contributed by atoms with van der Waals surface area (Å²) in [5, 5.41) is 13.7. The molecule has 0 spiro atoms. The molecule has 8 nitrogen and oxygen atoms in total. The molecule has 0 unspecified atom stereocenters. The quantitative estimate of drug-likeness (QED) is 0.422. The molecule has 28 heavy (non-hydrogen) atoms. The Morgan fingerprint density at radius 2 is 2.00 bits per heavy atom. The van der Waals surface area contributed by atoms with Gasteiger partial charge >= 0.3 is 6.18 Å². The SMILES string of the molecule is CC(=O)Nc1c(O)nc(SCC(=O)Nc2ccc(C(F)(F)F)cc2Cl)[nH]c1=O. The highest BCUT2D eigenvalue weighted by Gasteiger charge is 2.31. The average molecular weight is 437 g/mol. The van der Waals surface area contributed by atoms with Gasteiger partial charge in [0.05, 0.1) is 22.0 Å². The molecular formula is C15H12ClF3N4O4S. The smallest absolute Gasteiger partial charge is 0.416 e. The lowest BCUT2D eigenvalue weighted by Crippen LogP contribution is -2.20. The monoisotopic (exact) mass is 436 g/mol. The van der Waals surface area contributed by atoms with Gasteiger partial charge in [-0.1, -0.05) is 23.4 Å². The number of nitrogens with zero attached hydrogens (tertiary/aromatic N) is 1. The zero-order chi connectivity index (χ0) is 21.1. The second-order valence-electron chi connectivity index (χ2n) is 5.28. The molecule has 2 aromatic rings. The normalized spacial score (nSPS) is 11.2. The number of H-pyrrole nitrogens is 1. The van der Waals surface area contributed by atoms with E-state index in [1.807, 2.05) is 0 Å². The molecule has 150 valence electrons. The number of hydrogen-bond acceptors (Lipinski definition) is 6. The lowest BCUT2D eigenvalue weighted by molar-refractivity contribution is -0.137. The van der Waals surface area contributed by atoms with E-state index in [9.17, 15) is 32.7 Å². The van der Waals surface area contributed by atoms with Crippen LogP contribution >= 0.6 is 23.4 Å². The Kier molecular flexibility index (Phi) is 6.56. The van der Waals surface area contributed by atoms with Gasteiger partial charge in [-0.05, 0) is 18.2 Å². The van der Waals surface area contributed by atoms with Crippen LogP contribution in [0.1, 0.15) is 12.5 Å². The van der Waals surface area contributed by atoms with Crippen molar-refractivity contribution < 1.29 is 27.9 Å². The Balaban J connectivity index is 2.03. The summed E-state index contributed by atoms with van der Waals surface area (Å²) < 4.78 is 37.8. The largest absolute Gasteiger partial charge is 0.492 e. The number of aromatic hydroxyl groups is 1. The van der Waals surface area contributed by atoms with Gasteiger partial charge in [-0.3, -0.25) is 19.4 Å². The Hall–Kier alpha value is -2.73. The highest BCUT2D eigenvalue weighted by molar-refractivity contribution is 7.99. The van der Waals surface area contributed by atoms with Crippen LogP contribution in [-0.2, 0) is 15.8 Å². The lowest BCUT2D eigenvalue weighted by atomic mass is 10.2. The zero-order valence-corrected chi connectivity index (χ0v) is 15.6. The van der Waals surface area contributed by atoms with Gasteiger partial charge in [0.25, 0.3) is 5.56 Å². The van der Waals surface area contributed by atoms with Crippen LogP contribution < -0.4 is 16.2 Å². The van der Waals surface area contributed by atoms with Crippen LogP contribution in [0.3, 0.4) is 0 Å². The summed E-state index contributed by atoms with van der Waals surface area (Å²) in [6.07, 6.45) is -4.56. The number of nitrogens with one attached hydrogen (secondary N) is 3. The third kappa shape index (κ3) is 5.63. The standard InChI is InChI=1S/C15H12ClF3N4O4S/c1-6(24)20-11-12(26)22-14(23-13(11)27)28-5-10(25)21-9-3-2-7(4-8(9)16)15(17,18)19/h2-4H,5H2,1H3,(H,20,24)(H,21,25)(H2,22,23,26,27). The Morgan fingerprint density at radius 3 is 2.54 bits per heavy atom. The fourth-order valence-corrected chi connectivity index (χ4v) is 2.79. The number of halogens is 4. The summed E-state index contributed by atoms with van der Waals surface area (Å²) in [6, 6.07) is 2.47. The number of hydrogen-bond donors (Lipinski definition) is 4. The summed E-state index contributed by atoms with van der Waals surface area (Å²) in [5.74, 6) is -2.25. The van der Waals surface area contributed by atoms with Crippen LogP contribution in [-0.4, -0.2) is 32.6 Å². The van der Waals surface area contributed by atoms with E-state index in [-0.39, 0.29) is 21.6 Å². The average Bonchev–Trinajstić information content (AvgIpc) is 2.57. The molecule has 0 atom stereocenters. The summed E-state index contributed by atoms with van der Waals surface area (Å²) in [5.41, 5.74) is -2.24. The van der Waals surface area contributed by atoms with Gasteiger partial charge in [0.15, 0.2) is 10.8 Å². The third-order valence-corrected chi connectivity index (χ3v) is 4.28. The first-order chi connectivity index (χ1) is 13.0. The summed E-state index contributed by atoms with van der Waals surface area (Å²) in [6.45, 7) is 1.14. The van der Waals surface area contributed by atoms with Crippen LogP contribution in [0.25, 0.3) is 0 Å². The molecular weight excluding hydrogens is 425 g/mol. The number of aromatic amines is 1. The fourth-order valence-electron chi connectivity index (χ4n) is 1.91. The maximum Gasteiger partial charge on any atom is 0.416 e. The molecule has 0 aliphatic carbocycles. The van der Waals surface area contributed by atoms with Crippen LogP contribution in [0.15, 0.2) is 28.2 Å². The van der Waals surface area contributed by atoms with Crippen molar-refractivity contribution in [3.8, 4) is 5.88 Å². The lowest BCUT2D eigenvalue weighted by Gasteiger charge is -2.11. The van der Waals surface area contributed by atoms with E-state index in [4.69, 9.17) is 11.6 Å². The molecule has 0 saturated heterocycles. The van der Waals surface area contributed by atoms with Crippen molar-refractivity contribution >= 4 is 46.6 Å². The molecule has 0 saturated carbocycles. The van der Waals surface area contributed by atoms with Gasteiger partial charge in [-0.15, -0.1) is 0 Å². The van der Waals surface area contributed by atoms with Crippen molar-refractivity contribution in [1.29, 1.82) is 0 Å². The molecule has 4 N–H and O–H groups in total. The maximum atomic E-state index is 12.6. The highest BCUT2D eigenvalue weighted by atomic mass is 35.5. The summed E-state index contributed by atoms with van der Waals surface area (Å²) in [4.78, 5) is 40.6. The molecule has 0 aliphatic heterocycles. The minimum absolute atomic E-state index is 0.0226. The molecule has 0 bridgehead atoms. The number of carbonyl (C=O) groups is 2. The first-order valence-corrected chi connectivity index (χ1v) is 8.74. The number of benzene rings is 1. The number of thioether (sulfide) groups is 1. The second-order valence-corrected chi connectivity index (χ2v) is 6.65. The predicted molar refractivity (Wildman–Crippen MR) is 96.6 cm³/mol. The van der Waals surface area contributed by atoms with Gasteiger partial charge in [-0.25, -0.2) is 0 Å². The van der Waals surface area contributed by atoms with E-state index in [1.165, 1.54) is 0 Å². The summed E-state index contributed by atoms with van der Waals surface area (Å²) in [7, 11) is 0. The van der Waals surface area contributed by atoms with Crippen LogP contribution in [0, 0.1) is 0 Å². The zero-order valence-electron chi connectivity index (χ0n) is 14.0. The number of alkyl halides is 3. The second kappa shape index (κ2) is 8.52. The number of anilines is 2. The van der Waals surface area contributed by atoms with Gasteiger partial charge in [0.1, 0.15) is 0 Å². The number of rotatable bonds is 5. The fraction of sp³-hybridized carbons (Fsp3) is 0.200. The van der Waals surface area contributed by atoms with Gasteiger partial charge in [0, 0.05) is 6.92 Å². The van der Waals surface area contributed by atoms with Crippen LogP contribution in [0.2, 0.25) is 5.02 Å². The van der Waals surface area contributed by atoms with E-state index >= 15 is 0 Å². The molecule has 13 heteroatoms. The highest BCUT2D eigenvalue weighted by Crippen LogP contribution is 2.33. The maximum absolute atomic E-state index is 12.6. The first kappa shape index (κ1) is 21.6. The third-order valence-electron chi connectivity index (χ3n) is 3.09. The van der Waals surface area contributed by atoms with Crippen molar-refractivity contribution in [2.45, 2.75) is 18.3 Å². The Morgan fingerprint density at radius 1 is 1.32 bits per heavy atom. The van der Waals surface area contributed by atoms with E-state index in [0.29, 0.717) is 6.07 Å². The van der Waals surface area contributed by atoms with Crippen molar-refractivity contribution in [2.24, 2.45) is 0 Å². The summed E-state index contributed by atoms with van der Waals surface area (Å²) >= 11 is 6.49. The molecule has 0 fully saturated rings. The van der Waals surface area contributed by atoms with Crippen molar-refractivity contribution in [1.82, 2.24) is 9.97 Å². The van der Waals surface area contributed by atoms with Crippen molar-refractivity contribution in [3.63, 3.8) is 0 Å². The van der Waals surface area contributed by atoms with Gasteiger partial charge in [0.2, 0.25) is 17.7 Å². The molecule has 1 heterocycles. The predicted octanol–water partition coefficient (Wildman–Crippen LogP) is 2.84. The molecule has 1 aromatic carbocycles. The first-order valence-electron chi connectivity index (χ1n) is 7.37. The van der Waals surface area contributed by atoms with Gasteiger partial charge < -0.3 is 15.7 Å². The molecule has 0 radical (unpaired) electrons. The van der Waals surface area contributed by atoms with E-state index in [1.54, 1.807) is 0 Å². The van der Waals surface area contributed by atoms with Gasteiger partial charge in [-0.2, -0.15) is 18.2 Å². The molecule has 2 amide bonds. The minimum Gasteiger partial charge on any atom is -0.492 e. The van der Waals surface area contributed by atoms with Crippen LogP contribution in [0.4, 0.5) is 24.5 Å². The van der Waals surface area contributed by atoms with Crippen molar-refractivity contribution in [2.75, 3.05) is 16.4 Å². The molecule has 1 aromatic heterocycles. The molecule has 0 aliphatic rings. The Bertz CT molecular complexity index is 981. The Labute approximate surface area is 164 Å². The van der Waals surface area contributed by atoms with Crippen molar-refractivity contribution in [3.05, 3.63) is 39.1 Å². The number of amides is 2. The van der Waals surface area contributed by atoms with E-state index < -0.39 is 40.7 Å². The van der Waals surface area contributed by atoms with Crippen LogP contribution in [0.5, 0.6) is 5.88 Å². The topological polar surface area (TPSA) is 124 Å². The minimum atomic E-state index is -4.56. The van der Waals surface area contributed by atoms with E-state index in [0.717, 1.165) is 30.8 Å².